The third-order valence-corrected chi connectivity index (χ3v) is 5.10. The van der Waals surface area contributed by atoms with E-state index in [9.17, 15) is 4.79 Å². The highest BCUT2D eigenvalue weighted by molar-refractivity contribution is 5.77. The molecule has 0 bridgehead atoms. The predicted octanol–water partition coefficient (Wildman–Crippen LogP) is 2.96. The molecule has 0 aromatic heterocycles. The molecule has 1 aromatic rings. The Hall–Kier alpha value is -1.35. The number of hydrogen-bond acceptors (Lipinski definition) is 2. The predicted molar refractivity (Wildman–Crippen MR) is 84.9 cm³/mol. The van der Waals surface area contributed by atoms with E-state index in [1.807, 2.05) is 6.07 Å². The summed E-state index contributed by atoms with van der Waals surface area (Å²) in [7, 11) is 0. The molecule has 21 heavy (non-hydrogen) atoms. The van der Waals surface area contributed by atoms with Crippen LogP contribution in [-0.4, -0.2) is 19.0 Å². The van der Waals surface area contributed by atoms with E-state index in [1.54, 1.807) is 0 Å². The maximum Gasteiger partial charge on any atom is 0.220 e. The topological polar surface area (TPSA) is 41.1 Å². The fourth-order valence-electron chi connectivity index (χ4n) is 3.85. The van der Waals surface area contributed by atoms with Gasteiger partial charge in [0.2, 0.25) is 5.91 Å². The van der Waals surface area contributed by atoms with Gasteiger partial charge in [-0.1, -0.05) is 43.2 Å². The maximum absolute atomic E-state index is 12.4. The monoisotopic (exact) mass is 286 g/mol. The van der Waals surface area contributed by atoms with Gasteiger partial charge in [0.25, 0.3) is 0 Å². The zero-order chi connectivity index (χ0) is 14.5. The second-order valence-corrected chi connectivity index (χ2v) is 6.60. The van der Waals surface area contributed by atoms with Crippen LogP contribution in [0, 0.1) is 5.92 Å². The van der Waals surface area contributed by atoms with Gasteiger partial charge in [0.15, 0.2) is 0 Å². The number of carbonyl (C=O) groups is 1. The van der Waals surface area contributed by atoms with E-state index in [-0.39, 0.29) is 11.4 Å². The van der Waals surface area contributed by atoms with E-state index < -0.39 is 0 Å². The van der Waals surface area contributed by atoms with Gasteiger partial charge in [-0.25, -0.2) is 0 Å². The Morgan fingerprint density at radius 2 is 2.00 bits per heavy atom. The molecule has 1 aliphatic heterocycles. The molecule has 1 heterocycles. The summed E-state index contributed by atoms with van der Waals surface area (Å²) >= 11 is 0. The molecule has 1 amide bonds. The zero-order valence-corrected chi connectivity index (χ0v) is 12.7. The summed E-state index contributed by atoms with van der Waals surface area (Å²) in [5.41, 5.74) is 1.17. The van der Waals surface area contributed by atoms with Crippen molar-refractivity contribution in [2.24, 2.45) is 5.92 Å². The second kappa shape index (κ2) is 6.61. The molecule has 3 nitrogen and oxygen atoms in total. The number of benzene rings is 1. The minimum absolute atomic E-state index is 0.105. The molecule has 114 valence electrons. The third-order valence-electron chi connectivity index (χ3n) is 5.10. The van der Waals surface area contributed by atoms with Crippen LogP contribution in [0.4, 0.5) is 0 Å². The van der Waals surface area contributed by atoms with Crippen molar-refractivity contribution in [3.05, 3.63) is 35.9 Å². The highest BCUT2D eigenvalue weighted by atomic mass is 16.1. The first-order valence-corrected chi connectivity index (χ1v) is 8.36. The molecular formula is C18H26N2O. The van der Waals surface area contributed by atoms with Gasteiger partial charge in [0.1, 0.15) is 0 Å². The van der Waals surface area contributed by atoms with Gasteiger partial charge in [-0.05, 0) is 50.3 Å². The Morgan fingerprint density at radius 1 is 1.24 bits per heavy atom. The van der Waals surface area contributed by atoms with E-state index in [0.717, 1.165) is 32.4 Å². The molecule has 0 spiro atoms. The molecule has 3 heteroatoms. The molecular weight excluding hydrogens is 260 g/mol. The Kier molecular flexibility index (Phi) is 4.59. The van der Waals surface area contributed by atoms with Crippen LogP contribution < -0.4 is 10.6 Å². The van der Waals surface area contributed by atoms with Gasteiger partial charge < -0.3 is 10.6 Å². The Balaban J connectivity index is 1.61. The van der Waals surface area contributed by atoms with Crippen LogP contribution in [0.25, 0.3) is 0 Å². The van der Waals surface area contributed by atoms with Crippen LogP contribution in [0.5, 0.6) is 0 Å². The molecule has 1 saturated carbocycles. The van der Waals surface area contributed by atoms with Crippen LogP contribution >= 0.6 is 0 Å². The van der Waals surface area contributed by atoms with Gasteiger partial charge in [0, 0.05) is 6.42 Å². The Bertz CT molecular complexity index is 459. The summed E-state index contributed by atoms with van der Waals surface area (Å²) < 4.78 is 0. The number of amides is 1. The van der Waals surface area contributed by atoms with Gasteiger partial charge in [-0.15, -0.1) is 0 Å². The quantitative estimate of drug-likeness (QED) is 0.874. The molecule has 1 aliphatic carbocycles. The lowest BCUT2D eigenvalue weighted by molar-refractivity contribution is -0.123. The molecule has 2 aliphatic rings. The average molecular weight is 286 g/mol. The van der Waals surface area contributed by atoms with Crippen molar-refractivity contribution in [2.75, 3.05) is 13.1 Å². The third kappa shape index (κ3) is 3.46. The van der Waals surface area contributed by atoms with E-state index >= 15 is 0 Å². The standard InChI is InChI=1S/C18H26N2O/c21-17(9-8-15-10-13-19-14-15)20-18(11-4-5-12-18)16-6-2-1-3-7-16/h1-3,6-7,15,19H,4-5,8-14H2,(H,20,21). The van der Waals surface area contributed by atoms with E-state index in [4.69, 9.17) is 0 Å². The highest BCUT2D eigenvalue weighted by Gasteiger charge is 2.36. The lowest BCUT2D eigenvalue weighted by Gasteiger charge is -2.31. The van der Waals surface area contributed by atoms with Crippen molar-refractivity contribution < 1.29 is 4.79 Å². The normalized spacial score (nSPS) is 24.1. The fraction of sp³-hybridized carbons (Fsp3) is 0.611. The first kappa shape index (κ1) is 14.6. The lowest BCUT2D eigenvalue weighted by Crippen LogP contribution is -2.43. The van der Waals surface area contributed by atoms with Gasteiger partial charge in [-0.3, -0.25) is 4.79 Å². The number of nitrogens with one attached hydrogen (secondary N) is 2. The second-order valence-electron chi connectivity index (χ2n) is 6.60. The lowest BCUT2D eigenvalue weighted by atomic mass is 9.87. The average Bonchev–Trinajstić information content (AvgIpc) is 3.18. The molecule has 3 rings (SSSR count). The number of carbonyl (C=O) groups excluding carboxylic acids is 1. The Labute approximate surface area is 127 Å². The van der Waals surface area contributed by atoms with Gasteiger partial charge in [-0.2, -0.15) is 0 Å². The summed E-state index contributed by atoms with van der Waals surface area (Å²) in [6.45, 7) is 2.19. The summed E-state index contributed by atoms with van der Waals surface area (Å²) in [5, 5.41) is 6.74. The van der Waals surface area contributed by atoms with Crippen LogP contribution in [0.2, 0.25) is 0 Å². The molecule has 1 unspecified atom stereocenters. The molecule has 1 saturated heterocycles. The minimum atomic E-state index is -0.105. The smallest absolute Gasteiger partial charge is 0.220 e. The van der Waals surface area contributed by atoms with Gasteiger partial charge >= 0.3 is 0 Å². The zero-order valence-electron chi connectivity index (χ0n) is 12.7. The number of rotatable bonds is 5. The van der Waals surface area contributed by atoms with Crippen molar-refractivity contribution in [2.45, 2.75) is 50.5 Å². The summed E-state index contributed by atoms with van der Waals surface area (Å²) in [4.78, 5) is 12.4. The molecule has 1 atom stereocenters. The first-order valence-electron chi connectivity index (χ1n) is 8.36. The highest BCUT2D eigenvalue weighted by Crippen LogP contribution is 2.38. The minimum Gasteiger partial charge on any atom is -0.347 e. The van der Waals surface area contributed by atoms with Crippen LogP contribution in [0.3, 0.4) is 0 Å². The summed E-state index contributed by atoms with van der Waals surface area (Å²) in [6, 6.07) is 10.5. The van der Waals surface area contributed by atoms with Crippen molar-refractivity contribution in [3.63, 3.8) is 0 Å². The fourth-order valence-corrected chi connectivity index (χ4v) is 3.85. The summed E-state index contributed by atoms with van der Waals surface area (Å²) in [5.74, 6) is 0.916. The maximum atomic E-state index is 12.4. The molecule has 0 radical (unpaired) electrons. The van der Waals surface area contributed by atoms with E-state index in [1.165, 1.54) is 24.8 Å². The van der Waals surface area contributed by atoms with Crippen LogP contribution in [0.15, 0.2) is 30.3 Å². The van der Waals surface area contributed by atoms with E-state index in [0.29, 0.717) is 12.3 Å². The SMILES string of the molecule is O=C(CCC1CCNC1)NC1(c2ccccc2)CCCC1. The van der Waals surface area contributed by atoms with Crippen molar-refractivity contribution in [1.82, 2.24) is 10.6 Å². The largest absolute Gasteiger partial charge is 0.347 e. The van der Waals surface area contributed by atoms with E-state index in [2.05, 4.69) is 34.9 Å². The molecule has 2 fully saturated rings. The van der Waals surface area contributed by atoms with Crippen molar-refractivity contribution in [1.29, 1.82) is 0 Å². The van der Waals surface area contributed by atoms with Crippen molar-refractivity contribution >= 4 is 5.91 Å². The van der Waals surface area contributed by atoms with Crippen LogP contribution in [-0.2, 0) is 10.3 Å². The van der Waals surface area contributed by atoms with Crippen molar-refractivity contribution in [3.8, 4) is 0 Å². The molecule has 2 N–H and O–H groups in total. The first-order chi connectivity index (χ1) is 10.3. The Morgan fingerprint density at radius 3 is 2.67 bits per heavy atom. The molecule has 1 aromatic carbocycles. The van der Waals surface area contributed by atoms with Gasteiger partial charge in [0.05, 0.1) is 5.54 Å². The number of hydrogen-bond donors (Lipinski definition) is 2. The summed E-state index contributed by atoms with van der Waals surface area (Å²) in [6.07, 6.45) is 7.48. The van der Waals surface area contributed by atoms with Crippen LogP contribution in [0.1, 0.15) is 50.5 Å².